The van der Waals surface area contributed by atoms with Gasteiger partial charge in [-0.15, -0.1) is 11.3 Å². The Morgan fingerprint density at radius 1 is 1.33 bits per heavy atom. The van der Waals surface area contributed by atoms with Crippen LogP contribution in [0.15, 0.2) is 17.5 Å². The van der Waals surface area contributed by atoms with Crippen molar-refractivity contribution in [2.45, 2.75) is 18.6 Å². The maximum atomic E-state index is 12.4. The summed E-state index contributed by atoms with van der Waals surface area (Å²) in [7, 11) is 1.59. The van der Waals surface area contributed by atoms with Crippen molar-refractivity contribution >= 4 is 23.2 Å². The predicted octanol–water partition coefficient (Wildman–Crippen LogP) is -0.406. The van der Waals surface area contributed by atoms with E-state index in [0.29, 0.717) is 13.1 Å². The maximum Gasteiger partial charge on any atom is 0.248 e. The molecule has 3 heterocycles. The number of nitrogens with zero attached hydrogens (tertiary/aromatic N) is 3. The Kier molecular flexibility index (Phi) is 3.97. The number of carbonyl (C=O) groups is 2. The molecule has 2 aliphatic rings. The van der Waals surface area contributed by atoms with Crippen LogP contribution in [0.2, 0.25) is 0 Å². The van der Waals surface area contributed by atoms with Gasteiger partial charge < -0.3 is 14.9 Å². The number of aliphatic hydroxyl groups excluding tert-OH is 1. The molecule has 21 heavy (non-hydrogen) atoms. The van der Waals surface area contributed by atoms with Crippen LogP contribution in [0.3, 0.4) is 0 Å². The van der Waals surface area contributed by atoms with Crippen LogP contribution in [0.4, 0.5) is 0 Å². The van der Waals surface area contributed by atoms with E-state index in [1.54, 1.807) is 23.3 Å². The van der Waals surface area contributed by atoms with Crippen LogP contribution in [0.25, 0.3) is 0 Å². The molecule has 2 saturated heterocycles. The monoisotopic (exact) mass is 309 g/mol. The molecule has 0 spiro atoms. The standard InChI is InChI=1S/C14H19N3O3S/c1-15-12(9-18)14(20)17-5-4-16(8-11(17)13(15)19)7-10-3-2-6-21-10/h2-3,6,11-12,18H,4-5,7-9H2,1H3/t11-,12+/m1/s1. The zero-order chi connectivity index (χ0) is 15.0. The van der Waals surface area contributed by atoms with E-state index in [1.165, 1.54) is 9.78 Å². The van der Waals surface area contributed by atoms with Gasteiger partial charge in [0.15, 0.2) is 0 Å². The van der Waals surface area contributed by atoms with Crippen molar-refractivity contribution in [1.29, 1.82) is 0 Å². The van der Waals surface area contributed by atoms with Gasteiger partial charge in [0.25, 0.3) is 0 Å². The minimum atomic E-state index is -0.724. The maximum absolute atomic E-state index is 12.4. The number of thiophene rings is 1. The Morgan fingerprint density at radius 3 is 2.81 bits per heavy atom. The summed E-state index contributed by atoms with van der Waals surface area (Å²) in [5.74, 6) is -0.218. The van der Waals surface area contributed by atoms with Gasteiger partial charge in [0.1, 0.15) is 12.1 Å². The molecule has 0 unspecified atom stereocenters. The zero-order valence-electron chi connectivity index (χ0n) is 11.9. The first-order valence-electron chi connectivity index (χ1n) is 7.04. The van der Waals surface area contributed by atoms with Gasteiger partial charge in [-0.2, -0.15) is 0 Å². The normalized spacial score (nSPS) is 27.1. The fourth-order valence-electron chi connectivity index (χ4n) is 3.03. The smallest absolute Gasteiger partial charge is 0.248 e. The third-order valence-corrected chi connectivity index (χ3v) is 5.13. The van der Waals surface area contributed by atoms with Crippen LogP contribution < -0.4 is 0 Å². The van der Waals surface area contributed by atoms with E-state index in [-0.39, 0.29) is 18.4 Å². The molecule has 114 valence electrons. The Morgan fingerprint density at radius 2 is 2.14 bits per heavy atom. The van der Waals surface area contributed by atoms with Crippen LogP contribution in [0.5, 0.6) is 0 Å². The average Bonchev–Trinajstić information content (AvgIpc) is 2.98. The lowest BCUT2D eigenvalue weighted by Gasteiger charge is -2.47. The second-order valence-electron chi connectivity index (χ2n) is 5.51. The van der Waals surface area contributed by atoms with Crippen molar-refractivity contribution in [2.24, 2.45) is 0 Å². The van der Waals surface area contributed by atoms with Crippen molar-refractivity contribution in [3.8, 4) is 0 Å². The second-order valence-corrected chi connectivity index (χ2v) is 6.54. The molecule has 0 aromatic carbocycles. The average molecular weight is 309 g/mol. The molecule has 1 N–H and O–H groups in total. The highest BCUT2D eigenvalue weighted by molar-refractivity contribution is 7.09. The Balaban J connectivity index is 1.73. The zero-order valence-corrected chi connectivity index (χ0v) is 12.8. The molecule has 0 aliphatic carbocycles. The number of rotatable bonds is 3. The number of amides is 2. The molecule has 2 aliphatic heterocycles. The number of fused-ring (bicyclic) bond motifs is 1. The highest BCUT2D eigenvalue weighted by Crippen LogP contribution is 2.22. The van der Waals surface area contributed by atoms with Gasteiger partial charge >= 0.3 is 0 Å². The minimum absolute atomic E-state index is 0.0791. The second kappa shape index (κ2) is 5.75. The molecule has 6 nitrogen and oxygen atoms in total. The summed E-state index contributed by atoms with van der Waals surface area (Å²) in [4.78, 5) is 31.2. The highest BCUT2D eigenvalue weighted by Gasteiger charge is 2.46. The molecule has 0 bridgehead atoms. The first kappa shape index (κ1) is 14.5. The van der Waals surface area contributed by atoms with E-state index >= 15 is 0 Å². The molecule has 1 aromatic rings. The number of carbonyl (C=O) groups excluding carboxylic acids is 2. The van der Waals surface area contributed by atoms with Gasteiger partial charge in [-0.1, -0.05) is 6.07 Å². The van der Waals surface area contributed by atoms with Crippen LogP contribution >= 0.6 is 11.3 Å². The Bertz CT molecular complexity index is 534. The first-order valence-corrected chi connectivity index (χ1v) is 7.92. The SMILES string of the molecule is CN1C(=O)[C@H]2CN(Cc3cccs3)CCN2C(=O)[C@@H]1CO. The minimum Gasteiger partial charge on any atom is -0.394 e. The summed E-state index contributed by atoms with van der Waals surface area (Å²) < 4.78 is 0. The summed E-state index contributed by atoms with van der Waals surface area (Å²) in [6.07, 6.45) is 0. The van der Waals surface area contributed by atoms with Gasteiger partial charge in [0.05, 0.1) is 6.61 Å². The summed E-state index contributed by atoms with van der Waals surface area (Å²) in [5.41, 5.74) is 0. The van der Waals surface area contributed by atoms with Crippen molar-refractivity contribution < 1.29 is 14.7 Å². The molecule has 1 aromatic heterocycles. The van der Waals surface area contributed by atoms with Crippen molar-refractivity contribution in [2.75, 3.05) is 33.3 Å². The van der Waals surface area contributed by atoms with Crippen LogP contribution in [0, 0.1) is 0 Å². The molecule has 0 saturated carbocycles. The summed E-state index contributed by atoms with van der Waals surface area (Å²) in [5, 5.41) is 11.4. The molecule has 3 rings (SSSR count). The Labute approximate surface area is 127 Å². The van der Waals surface area contributed by atoms with Crippen molar-refractivity contribution in [1.82, 2.24) is 14.7 Å². The van der Waals surface area contributed by atoms with Crippen LogP contribution in [-0.2, 0) is 16.1 Å². The fourth-order valence-corrected chi connectivity index (χ4v) is 3.77. The quantitative estimate of drug-likeness (QED) is 0.825. The fraction of sp³-hybridized carbons (Fsp3) is 0.571. The summed E-state index contributed by atoms with van der Waals surface area (Å²) in [6.45, 7) is 2.37. The van der Waals surface area contributed by atoms with Crippen LogP contribution in [0.1, 0.15) is 4.88 Å². The van der Waals surface area contributed by atoms with E-state index in [1.807, 2.05) is 11.4 Å². The van der Waals surface area contributed by atoms with E-state index in [2.05, 4.69) is 11.0 Å². The van der Waals surface area contributed by atoms with Gasteiger partial charge in [0.2, 0.25) is 11.8 Å². The number of hydrogen-bond acceptors (Lipinski definition) is 5. The number of aliphatic hydroxyl groups is 1. The third-order valence-electron chi connectivity index (χ3n) is 4.27. The van der Waals surface area contributed by atoms with Gasteiger partial charge in [0, 0.05) is 38.1 Å². The van der Waals surface area contributed by atoms with E-state index in [4.69, 9.17) is 0 Å². The molecular weight excluding hydrogens is 290 g/mol. The number of piperazine rings is 2. The molecule has 7 heteroatoms. The molecule has 2 amide bonds. The molecule has 0 radical (unpaired) electrons. The van der Waals surface area contributed by atoms with Gasteiger partial charge in [-0.3, -0.25) is 14.5 Å². The molecule has 2 fully saturated rings. The van der Waals surface area contributed by atoms with Gasteiger partial charge in [-0.25, -0.2) is 0 Å². The lowest BCUT2D eigenvalue weighted by molar-refractivity contribution is -0.165. The first-order chi connectivity index (χ1) is 10.1. The summed E-state index contributed by atoms with van der Waals surface area (Å²) >= 11 is 1.70. The van der Waals surface area contributed by atoms with E-state index in [9.17, 15) is 14.7 Å². The molecule has 2 atom stereocenters. The highest BCUT2D eigenvalue weighted by atomic mass is 32.1. The predicted molar refractivity (Wildman–Crippen MR) is 78.7 cm³/mol. The van der Waals surface area contributed by atoms with Crippen molar-refractivity contribution in [3.63, 3.8) is 0 Å². The number of hydrogen-bond donors (Lipinski definition) is 1. The lowest BCUT2D eigenvalue weighted by atomic mass is 10.0. The van der Waals surface area contributed by atoms with Gasteiger partial charge in [-0.05, 0) is 11.4 Å². The lowest BCUT2D eigenvalue weighted by Crippen LogP contribution is -2.69. The van der Waals surface area contributed by atoms with Crippen molar-refractivity contribution in [3.05, 3.63) is 22.4 Å². The third kappa shape index (κ3) is 2.56. The Hall–Kier alpha value is -1.44. The topological polar surface area (TPSA) is 64.1 Å². The van der Waals surface area contributed by atoms with Crippen LogP contribution in [-0.4, -0.2) is 77.0 Å². The van der Waals surface area contributed by atoms with E-state index in [0.717, 1.165) is 13.1 Å². The van der Waals surface area contributed by atoms with E-state index < -0.39 is 12.1 Å². The largest absolute Gasteiger partial charge is 0.394 e. The number of likely N-dealkylation sites (N-methyl/N-ethyl adjacent to an activating group) is 1. The summed E-state index contributed by atoms with van der Waals surface area (Å²) in [6, 6.07) is 2.96. The molecular formula is C14H19N3O3S.